The fraction of sp³-hybridized carbons (Fsp3) is 0.273. The number of piperazine rings is 1. The summed E-state index contributed by atoms with van der Waals surface area (Å²) in [7, 11) is 5.12. The molecular formula is C33H39N10OP. The van der Waals surface area contributed by atoms with Gasteiger partial charge in [0.15, 0.2) is 0 Å². The summed E-state index contributed by atoms with van der Waals surface area (Å²) < 4.78 is 5.91. The molecule has 0 radical (unpaired) electrons. The number of aromatic nitrogens is 4. The van der Waals surface area contributed by atoms with Crippen molar-refractivity contribution in [2.45, 2.75) is 0 Å². The molecule has 45 heavy (non-hydrogen) atoms. The maximum Gasteiger partial charge on any atom is 0.231 e. The van der Waals surface area contributed by atoms with E-state index in [1.807, 2.05) is 36.7 Å². The van der Waals surface area contributed by atoms with E-state index in [0.29, 0.717) is 28.9 Å². The molecule has 0 saturated carbocycles. The Labute approximate surface area is 264 Å². The van der Waals surface area contributed by atoms with Crippen LogP contribution in [0, 0.1) is 0 Å². The second-order valence-corrected chi connectivity index (χ2v) is 13.4. The number of likely N-dealkylation sites (N-methyl/N-ethyl adjacent to an activating group) is 1. The fourth-order valence-electron chi connectivity index (χ4n) is 5.78. The number of benzene rings is 2. The summed E-state index contributed by atoms with van der Waals surface area (Å²) in [5.74, 6) is 1.79. The Bertz CT molecular complexity index is 1890. The van der Waals surface area contributed by atoms with Crippen molar-refractivity contribution in [1.29, 1.82) is 0 Å². The number of hydrogen-bond donors (Lipinski definition) is 4. The highest BCUT2D eigenvalue weighted by atomic mass is 31.1. The zero-order chi connectivity index (χ0) is 31.5. The van der Waals surface area contributed by atoms with E-state index in [1.54, 1.807) is 26.6 Å². The first kappa shape index (κ1) is 30.3. The first-order valence-corrected chi connectivity index (χ1v) is 17.1. The van der Waals surface area contributed by atoms with Crippen LogP contribution in [0.2, 0.25) is 0 Å². The lowest BCUT2D eigenvalue weighted by atomic mass is 10.0. The highest BCUT2D eigenvalue weighted by Gasteiger charge is 2.22. The molecule has 1 aliphatic rings. The molecule has 5 aromatic rings. The molecule has 2 aromatic carbocycles. The van der Waals surface area contributed by atoms with Crippen molar-refractivity contribution in [3.8, 4) is 5.75 Å². The predicted octanol–water partition coefficient (Wildman–Crippen LogP) is 5.12. The third-order valence-electron chi connectivity index (χ3n) is 8.04. The van der Waals surface area contributed by atoms with Crippen molar-refractivity contribution >= 4 is 75.8 Å². The summed E-state index contributed by atoms with van der Waals surface area (Å²) in [6.07, 6.45) is 7.07. The van der Waals surface area contributed by atoms with Crippen LogP contribution in [0.15, 0.2) is 66.1 Å². The van der Waals surface area contributed by atoms with Crippen LogP contribution in [-0.4, -0.2) is 91.8 Å². The van der Waals surface area contributed by atoms with Crippen LogP contribution < -0.4 is 31.3 Å². The van der Waals surface area contributed by atoms with Crippen LogP contribution in [0.5, 0.6) is 5.75 Å². The van der Waals surface area contributed by atoms with Gasteiger partial charge in [0.05, 0.1) is 23.7 Å². The first-order chi connectivity index (χ1) is 21.9. The van der Waals surface area contributed by atoms with Crippen molar-refractivity contribution in [2.24, 2.45) is 10.7 Å². The lowest BCUT2D eigenvalue weighted by Gasteiger charge is -2.35. The predicted molar refractivity (Wildman–Crippen MR) is 190 cm³/mol. The molecule has 4 heterocycles. The number of fused-ring (bicyclic) bond motifs is 2. The zero-order valence-electron chi connectivity index (χ0n) is 26.3. The molecular weight excluding hydrogens is 583 g/mol. The number of H-pyrrole nitrogens is 1. The van der Waals surface area contributed by atoms with Gasteiger partial charge >= 0.3 is 0 Å². The van der Waals surface area contributed by atoms with Crippen LogP contribution in [0.3, 0.4) is 0 Å². The molecule has 0 bridgehead atoms. The molecule has 1 fully saturated rings. The van der Waals surface area contributed by atoms with E-state index < -0.39 is 7.92 Å². The van der Waals surface area contributed by atoms with Crippen molar-refractivity contribution in [2.75, 3.05) is 76.2 Å². The average molecular weight is 623 g/mol. The van der Waals surface area contributed by atoms with Crippen molar-refractivity contribution in [3.05, 3.63) is 66.6 Å². The number of nitrogens with one attached hydrogen (secondary N) is 3. The first-order valence-electron chi connectivity index (χ1n) is 14.8. The van der Waals surface area contributed by atoms with Crippen molar-refractivity contribution in [1.82, 2.24) is 24.8 Å². The molecule has 5 N–H and O–H groups in total. The number of hydrogen-bond acceptors (Lipinski definition) is 10. The second-order valence-electron chi connectivity index (χ2n) is 11.2. The molecule has 0 amide bonds. The quantitative estimate of drug-likeness (QED) is 0.131. The number of rotatable bonds is 9. The summed E-state index contributed by atoms with van der Waals surface area (Å²) in [4.78, 5) is 26.6. The monoisotopic (exact) mass is 622 g/mol. The number of allylic oxidation sites excluding steroid dienone is 1. The summed E-state index contributed by atoms with van der Waals surface area (Å²) in [6, 6.07) is 14.3. The van der Waals surface area contributed by atoms with Gasteiger partial charge < -0.3 is 35.9 Å². The highest BCUT2D eigenvalue weighted by molar-refractivity contribution is 7.65. The summed E-state index contributed by atoms with van der Waals surface area (Å²) in [5.41, 5.74) is 12.3. The Hall–Kier alpha value is -4.73. The normalized spacial score (nSPS) is 14.6. The molecule has 3 aromatic heterocycles. The van der Waals surface area contributed by atoms with Crippen molar-refractivity contribution < 1.29 is 4.74 Å². The average Bonchev–Trinajstić information content (AvgIpc) is 3.53. The third kappa shape index (κ3) is 6.14. The standard InChI is InChI=1S/C33H39N10OP/c1-35-20-21(19-34)24-17-27(29(44-3)18-28(24)43-15-13-42(2)14-16-43)39-33-40-31-23(10-12-37-31)32(41-33)38-26-9-8-25-22(7-6-11-36-25)30(26)45(4)5/h6-12,17-20H,13-16,34H2,1-5H3,(H3,37,38,39,40,41). The van der Waals surface area contributed by atoms with Gasteiger partial charge in [-0.3, -0.25) is 9.98 Å². The number of pyridine rings is 1. The Morgan fingerprint density at radius 3 is 2.60 bits per heavy atom. The largest absolute Gasteiger partial charge is 0.494 e. The summed E-state index contributed by atoms with van der Waals surface area (Å²) in [6.45, 7) is 8.24. The Morgan fingerprint density at radius 1 is 1.04 bits per heavy atom. The second kappa shape index (κ2) is 13.1. The number of nitrogens with two attached hydrogens (primary N) is 1. The van der Waals surface area contributed by atoms with E-state index >= 15 is 0 Å². The van der Waals surface area contributed by atoms with Crippen LogP contribution in [-0.2, 0) is 0 Å². The smallest absolute Gasteiger partial charge is 0.231 e. The molecule has 1 saturated heterocycles. The summed E-state index contributed by atoms with van der Waals surface area (Å²) >= 11 is 0. The number of ether oxygens (including phenoxy) is 1. The topological polar surface area (TPSA) is 133 Å². The van der Waals surface area contributed by atoms with Gasteiger partial charge in [0.25, 0.3) is 0 Å². The Morgan fingerprint density at radius 2 is 1.87 bits per heavy atom. The number of anilines is 5. The van der Waals surface area contributed by atoms with Crippen LogP contribution in [0.4, 0.5) is 28.8 Å². The number of aromatic amines is 1. The lowest BCUT2D eigenvalue weighted by Crippen LogP contribution is -2.44. The van der Waals surface area contributed by atoms with E-state index in [2.05, 4.69) is 74.0 Å². The van der Waals surface area contributed by atoms with E-state index in [-0.39, 0.29) is 0 Å². The maximum atomic E-state index is 6.12. The number of methoxy groups -OCH3 is 1. The van der Waals surface area contributed by atoms with Crippen LogP contribution in [0.1, 0.15) is 5.56 Å². The molecule has 12 heteroatoms. The lowest BCUT2D eigenvalue weighted by molar-refractivity contribution is 0.312. The minimum absolute atomic E-state index is 0.422. The Balaban J connectivity index is 1.42. The molecule has 232 valence electrons. The van der Waals surface area contributed by atoms with Crippen LogP contribution >= 0.6 is 7.92 Å². The fourth-order valence-corrected chi connectivity index (χ4v) is 7.06. The van der Waals surface area contributed by atoms with E-state index in [0.717, 1.165) is 65.0 Å². The van der Waals surface area contributed by atoms with E-state index in [1.165, 1.54) is 5.30 Å². The maximum absolute atomic E-state index is 6.12. The molecule has 0 aliphatic carbocycles. The van der Waals surface area contributed by atoms with Gasteiger partial charge in [-0.2, -0.15) is 9.97 Å². The van der Waals surface area contributed by atoms with Gasteiger partial charge in [-0.05, 0) is 50.7 Å². The van der Waals surface area contributed by atoms with Crippen molar-refractivity contribution in [3.63, 3.8) is 0 Å². The number of nitrogens with zero attached hydrogens (tertiary/aromatic N) is 6. The Kier molecular flexibility index (Phi) is 8.82. The molecule has 0 unspecified atom stereocenters. The SMILES string of the molecule is CN=CC(=CN)c1cc(Nc2nc(Nc3ccc4ncccc4c3P(C)C)c3cc[nH]c3n2)c(OC)cc1N1CCN(C)CC1. The third-order valence-corrected chi connectivity index (χ3v) is 9.42. The molecule has 11 nitrogen and oxygen atoms in total. The molecule has 6 rings (SSSR count). The number of aliphatic imine (C=N–C) groups is 1. The minimum Gasteiger partial charge on any atom is -0.494 e. The summed E-state index contributed by atoms with van der Waals surface area (Å²) in [5, 5.41) is 10.4. The van der Waals surface area contributed by atoms with Gasteiger partial charge in [-0.25, -0.2) is 0 Å². The van der Waals surface area contributed by atoms with Gasteiger partial charge in [0.2, 0.25) is 5.95 Å². The molecule has 0 atom stereocenters. The molecule has 1 aliphatic heterocycles. The zero-order valence-corrected chi connectivity index (χ0v) is 27.2. The van der Waals surface area contributed by atoms with E-state index in [9.17, 15) is 0 Å². The van der Waals surface area contributed by atoms with Gasteiger partial charge in [0.1, 0.15) is 17.2 Å². The van der Waals surface area contributed by atoms with Gasteiger partial charge in [0, 0.05) is 97.3 Å². The molecule has 0 spiro atoms. The van der Waals surface area contributed by atoms with Gasteiger partial charge in [-0.15, -0.1) is 0 Å². The highest BCUT2D eigenvalue weighted by Crippen LogP contribution is 2.39. The van der Waals surface area contributed by atoms with Crippen LogP contribution in [0.25, 0.3) is 27.5 Å². The van der Waals surface area contributed by atoms with E-state index in [4.69, 9.17) is 20.4 Å². The minimum atomic E-state index is -0.443. The van der Waals surface area contributed by atoms with Gasteiger partial charge in [-0.1, -0.05) is 14.0 Å².